The second-order valence-electron chi connectivity index (χ2n) is 2.12. The molecule has 0 rings (SSSR count). The van der Waals surface area contributed by atoms with Gasteiger partial charge in [0.1, 0.15) is 6.42 Å². The van der Waals surface area contributed by atoms with Crippen molar-refractivity contribution < 1.29 is 36.3 Å². The van der Waals surface area contributed by atoms with Crippen molar-refractivity contribution in [1.29, 1.82) is 0 Å². The van der Waals surface area contributed by atoms with Crippen LogP contribution in [-0.2, 0) is 14.3 Å². The maximum atomic E-state index is 12.1. The Hall–Kier alpha value is -1.21. The van der Waals surface area contributed by atoms with Gasteiger partial charge in [-0.05, 0) is 0 Å². The van der Waals surface area contributed by atoms with Gasteiger partial charge >= 0.3 is 11.9 Å². The molecule has 0 heterocycles. The minimum atomic E-state index is -3.65. The van der Waals surface area contributed by atoms with E-state index in [9.17, 15) is 31.5 Å². The van der Waals surface area contributed by atoms with Crippen LogP contribution in [-0.4, -0.2) is 31.0 Å². The van der Waals surface area contributed by atoms with Gasteiger partial charge in [-0.3, -0.25) is 4.79 Å². The van der Waals surface area contributed by atoms with E-state index < -0.39 is 37.4 Å². The Morgan fingerprint density at radius 3 is 1.93 bits per heavy atom. The van der Waals surface area contributed by atoms with Gasteiger partial charge in [-0.15, -0.1) is 0 Å². The summed E-state index contributed by atoms with van der Waals surface area (Å²) in [6.07, 6.45) is -11.5. The molecule has 0 saturated carbocycles. The molecule has 0 aromatic heterocycles. The zero-order valence-corrected chi connectivity index (χ0v) is 6.55. The molecular formula is C6H5F5O3. The van der Waals surface area contributed by atoms with Crippen LogP contribution in [0.25, 0.3) is 0 Å². The zero-order chi connectivity index (χ0) is 11.3. The molecule has 0 fully saturated rings. The van der Waals surface area contributed by atoms with E-state index in [4.69, 9.17) is 0 Å². The fourth-order valence-corrected chi connectivity index (χ4v) is 0.439. The zero-order valence-electron chi connectivity index (χ0n) is 6.55. The minimum absolute atomic E-state index is 1.44. The molecular weight excluding hydrogens is 215 g/mol. The third kappa shape index (κ3) is 4.73. The number of esters is 2. The maximum Gasteiger partial charge on any atom is 0.354 e. The second-order valence-corrected chi connectivity index (χ2v) is 2.12. The molecule has 0 aliphatic rings. The topological polar surface area (TPSA) is 43.4 Å². The molecule has 0 amide bonds. The lowest BCUT2D eigenvalue weighted by Gasteiger charge is -2.05. The minimum Gasteiger partial charge on any atom is -0.391 e. The van der Waals surface area contributed by atoms with Gasteiger partial charge < -0.3 is 4.74 Å². The van der Waals surface area contributed by atoms with Crippen molar-refractivity contribution >= 4 is 11.9 Å². The highest BCUT2D eigenvalue weighted by Gasteiger charge is 2.31. The number of carbonyl (C=O) groups is 2. The molecule has 0 aliphatic carbocycles. The molecule has 0 aliphatic heterocycles. The monoisotopic (exact) mass is 220 g/mol. The molecule has 1 unspecified atom stereocenters. The van der Waals surface area contributed by atoms with E-state index in [2.05, 4.69) is 4.74 Å². The number of ether oxygens (including phenoxy) is 1. The Balaban J connectivity index is 4.00. The van der Waals surface area contributed by atoms with Crippen molar-refractivity contribution in [3.05, 3.63) is 0 Å². The molecule has 0 N–H and O–H groups in total. The Bertz CT molecular complexity index is 218. The first-order valence-corrected chi connectivity index (χ1v) is 3.29. The normalized spacial score (nSPS) is 13.1. The highest BCUT2D eigenvalue weighted by Crippen LogP contribution is 2.09. The molecule has 8 heteroatoms. The summed E-state index contributed by atoms with van der Waals surface area (Å²) < 4.78 is 61.2. The van der Waals surface area contributed by atoms with Crippen LogP contribution in [0.15, 0.2) is 0 Å². The Labute approximate surface area is 74.8 Å². The second kappa shape index (κ2) is 5.51. The van der Waals surface area contributed by atoms with Gasteiger partial charge in [0.25, 0.3) is 12.6 Å². The Morgan fingerprint density at radius 2 is 1.57 bits per heavy atom. The molecule has 0 radical (unpaired) electrons. The third-order valence-corrected chi connectivity index (χ3v) is 0.982. The third-order valence-electron chi connectivity index (χ3n) is 0.982. The molecule has 0 aromatic rings. The SMILES string of the molecule is O=C(CC(F)F)OC(=O)C(F)C(F)F. The largest absolute Gasteiger partial charge is 0.391 e. The van der Waals surface area contributed by atoms with Crippen molar-refractivity contribution in [1.82, 2.24) is 0 Å². The number of hydrogen-bond acceptors (Lipinski definition) is 3. The molecule has 14 heavy (non-hydrogen) atoms. The van der Waals surface area contributed by atoms with E-state index in [1.54, 1.807) is 0 Å². The van der Waals surface area contributed by atoms with Crippen molar-refractivity contribution in [2.75, 3.05) is 0 Å². The van der Waals surface area contributed by atoms with Crippen molar-refractivity contribution in [3.63, 3.8) is 0 Å². The summed E-state index contributed by atoms with van der Waals surface area (Å²) in [6, 6.07) is 0. The van der Waals surface area contributed by atoms with E-state index in [0.717, 1.165) is 0 Å². The van der Waals surface area contributed by atoms with E-state index >= 15 is 0 Å². The van der Waals surface area contributed by atoms with Gasteiger partial charge in [0.05, 0.1) is 0 Å². The Kier molecular flexibility index (Phi) is 5.03. The molecule has 1 atom stereocenters. The number of halogens is 5. The first-order chi connectivity index (χ1) is 6.34. The van der Waals surface area contributed by atoms with E-state index in [-0.39, 0.29) is 0 Å². The highest BCUT2D eigenvalue weighted by atomic mass is 19.3. The van der Waals surface area contributed by atoms with Gasteiger partial charge in [-0.2, -0.15) is 0 Å². The molecule has 0 spiro atoms. The number of hydrogen-bond donors (Lipinski definition) is 0. The van der Waals surface area contributed by atoms with Crippen LogP contribution >= 0.6 is 0 Å². The smallest absolute Gasteiger partial charge is 0.354 e. The summed E-state index contributed by atoms with van der Waals surface area (Å²) in [5.41, 5.74) is 0. The predicted molar refractivity (Wildman–Crippen MR) is 32.6 cm³/mol. The van der Waals surface area contributed by atoms with Crippen LogP contribution < -0.4 is 0 Å². The summed E-state index contributed by atoms with van der Waals surface area (Å²) in [6.45, 7) is 0. The van der Waals surface area contributed by atoms with Gasteiger partial charge in [-0.1, -0.05) is 0 Å². The van der Waals surface area contributed by atoms with Gasteiger partial charge in [0.15, 0.2) is 0 Å². The summed E-state index contributed by atoms with van der Waals surface area (Å²) in [5, 5.41) is 0. The van der Waals surface area contributed by atoms with Gasteiger partial charge in [0.2, 0.25) is 6.43 Å². The lowest BCUT2D eigenvalue weighted by atomic mass is 10.4. The van der Waals surface area contributed by atoms with Crippen LogP contribution in [0.5, 0.6) is 0 Å². The molecule has 3 nitrogen and oxygen atoms in total. The van der Waals surface area contributed by atoms with Crippen LogP contribution in [0.1, 0.15) is 6.42 Å². The molecule has 82 valence electrons. The summed E-state index contributed by atoms with van der Waals surface area (Å²) in [7, 11) is 0. The first-order valence-electron chi connectivity index (χ1n) is 3.29. The van der Waals surface area contributed by atoms with E-state index in [1.165, 1.54) is 0 Å². The van der Waals surface area contributed by atoms with E-state index in [0.29, 0.717) is 0 Å². The van der Waals surface area contributed by atoms with Crippen molar-refractivity contribution in [2.45, 2.75) is 25.4 Å². The fraction of sp³-hybridized carbons (Fsp3) is 0.667. The average Bonchev–Trinajstić information content (AvgIpc) is 2.00. The summed E-state index contributed by atoms with van der Waals surface area (Å²) in [5.74, 6) is -3.90. The summed E-state index contributed by atoms with van der Waals surface area (Å²) in [4.78, 5) is 20.5. The van der Waals surface area contributed by atoms with Crippen LogP contribution in [0.4, 0.5) is 22.0 Å². The quantitative estimate of drug-likeness (QED) is 0.407. The standard InChI is InChI=1S/C6H5F5O3/c7-2(8)1-3(12)14-6(13)4(9)5(10)11/h2,4-5H,1H2. The summed E-state index contributed by atoms with van der Waals surface area (Å²) >= 11 is 0. The average molecular weight is 220 g/mol. The molecule has 0 saturated heterocycles. The fourth-order valence-electron chi connectivity index (χ4n) is 0.439. The van der Waals surface area contributed by atoms with Crippen molar-refractivity contribution in [3.8, 4) is 0 Å². The lowest BCUT2D eigenvalue weighted by molar-refractivity contribution is -0.168. The Morgan fingerprint density at radius 1 is 1.07 bits per heavy atom. The van der Waals surface area contributed by atoms with Crippen LogP contribution in [0.2, 0.25) is 0 Å². The first kappa shape index (κ1) is 12.8. The van der Waals surface area contributed by atoms with Gasteiger partial charge in [0, 0.05) is 0 Å². The predicted octanol–water partition coefficient (Wildman–Crippen LogP) is 1.31. The lowest BCUT2D eigenvalue weighted by Crippen LogP contribution is -2.28. The van der Waals surface area contributed by atoms with Crippen LogP contribution in [0.3, 0.4) is 0 Å². The van der Waals surface area contributed by atoms with Gasteiger partial charge in [-0.25, -0.2) is 26.7 Å². The van der Waals surface area contributed by atoms with Crippen molar-refractivity contribution in [2.24, 2.45) is 0 Å². The van der Waals surface area contributed by atoms with Crippen LogP contribution in [0, 0.1) is 0 Å². The maximum absolute atomic E-state index is 12.1. The number of alkyl halides is 5. The number of carbonyl (C=O) groups excluding carboxylic acids is 2. The highest BCUT2D eigenvalue weighted by molar-refractivity contribution is 5.88. The molecule has 0 aromatic carbocycles. The number of rotatable bonds is 4. The van der Waals surface area contributed by atoms with E-state index in [1.807, 2.05) is 0 Å². The molecule has 0 bridgehead atoms.